The van der Waals surface area contributed by atoms with Gasteiger partial charge in [-0.1, -0.05) is 90.1 Å². The molecule has 0 fully saturated rings. The summed E-state index contributed by atoms with van der Waals surface area (Å²) in [6.07, 6.45) is 0. The van der Waals surface area contributed by atoms with Gasteiger partial charge in [0.1, 0.15) is 5.82 Å². The van der Waals surface area contributed by atoms with Gasteiger partial charge in [-0.25, -0.2) is 4.98 Å². The molecule has 0 aliphatic carbocycles. The van der Waals surface area contributed by atoms with Crippen molar-refractivity contribution in [2.24, 2.45) is 0 Å². The first-order valence-corrected chi connectivity index (χ1v) is 12.6. The minimum atomic E-state index is 0.185. The third-order valence-electron chi connectivity index (χ3n) is 7.60. The van der Waals surface area contributed by atoms with E-state index in [4.69, 9.17) is 4.98 Å². The van der Waals surface area contributed by atoms with Gasteiger partial charge in [0.05, 0.1) is 11.0 Å². The predicted molar refractivity (Wildman–Crippen MR) is 151 cm³/mol. The Kier molecular flexibility index (Phi) is 5.00. The van der Waals surface area contributed by atoms with Crippen LogP contribution in [0.4, 0.5) is 0 Å². The van der Waals surface area contributed by atoms with Crippen molar-refractivity contribution in [3.8, 4) is 17.1 Å². The normalized spacial score (nSPS) is 12.5. The highest BCUT2D eigenvalue weighted by Crippen LogP contribution is 2.32. The summed E-state index contributed by atoms with van der Waals surface area (Å²) in [6, 6.07) is 27.2. The fourth-order valence-corrected chi connectivity index (χ4v) is 6.05. The van der Waals surface area contributed by atoms with E-state index in [2.05, 4.69) is 119 Å². The van der Waals surface area contributed by atoms with Gasteiger partial charge in [0.25, 0.3) is 0 Å². The highest BCUT2D eigenvalue weighted by Gasteiger charge is 2.35. The summed E-state index contributed by atoms with van der Waals surface area (Å²) in [7, 11) is 0. The molecule has 5 aromatic rings. The number of aryl methyl sites for hydroxylation is 4. The van der Waals surface area contributed by atoms with Crippen LogP contribution in [0.2, 0.25) is 0 Å². The quantitative estimate of drug-likeness (QED) is 0.306. The van der Waals surface area contributed by atoms with Gasteiger partial charge in [0.2, 0.25) is 6.71 Å². The zero-order chi connectivity index (χ0) is 24.4. The van der Waals surface area contributed by atoms with E-state index < -0.39 is 0 Å². The Bertz CT molecular complexity index is 1580. The number of hydrogen-bond acceptors (Lipinski definition) is 1. The van der Waals surface area contributed by atoms with E-state index in [-0.39, 0.29) is 6.71 Å². The highest BCUT2D eigenvalue weighted by atomic mass is 15.1. The average molecular weight is 454 g/mol. The molecule has 1 aliphatic heterocycles. The number of fused-ring (bicyclic) bond motifs is 2. The highest BCUT2D eigenvalue weighted by molar-refractivity contribution is 6.98. The van der Waals surface area contributed by atoms with Crippen LogP contribution in [0.15, 0.2) is 72.8 Å². The minimum absolute atomic E-state index is 0.185. The van der Waals surface area contributed by atoms with E-state index in [1.807, 2.05) is 0 Å². The van der Waals surface area contributed by atoms with Crippen molar-refractivity contribution in [3.63, 3.8) is 0 Å². The summed E-state index contributed by atoms with van der Waals surface area (Å²) < 4.78 is 2.42. The molecule has 1 aliphatic rings. The maximum absolute atomic E-state index is 5.23. The fourth-order valence-electron chi connectivity index (χ4n) is 6.05. The Labute approximate surface area is 208 Å². The van der Waals surface area contributed by atoms with E-state index in [0.717, 1.165) is 11.3 Å². The van der Waals surface area contributed by atoms with Crippen LogP contribution in [-0.2, 0) is 0 Å². The summed E-state index contributed by atoms with van der Waals surface area (Å²) in [6.45, 7) is 13.6. The molecule has 4 aromatic carbocycles. The van der Waals surface area contributed by atoms with Crippen LogP contribution >= 0.6 is 0 Å². The molecule has 0 N–H and O–H groups in total. The van der Waals surface area contributed by atoms with Crippen LogP contribution < -0.4 is 16.4 Å². The third-order valence-corrected chi connectivity index (χ3v) is 7.60. The molecule has 0 saturated carbocycles. The fraction of sp³-hybridized carbons (Fsp3) is 0.219. The molecule has 2 heterocycles. The number of para-hydroxylation sites is 1. The topological polar surface area (TPSA) is 17.8 Å². The van der Waals surface area contributed by atoms with E-state index >= 15 is 0 Å². The predicted octanol–water partition coefficient (Wildman–Crippen LogP) is 5.88. The standard InChI is InChI=1S/C32H31BN2/c1-19(2)24-13-14-29-27(18-24)33(30-22(5)9-7-10-23(30)6)26-11-8-12-28-31(26)35(29)32(34-28)25-16-20(3)15-21(4)17-25/h7-19H,1-6H3. The van der Waals surface area contributed by atoms with Gasteiger partial charge < -0.3 is 0 Å². The van der Waals surface area contributed by atoms with Crippen molar-refractivity contribution >= 4 is 34.1 Å². The van der Waals surface area contributed by atoms with Crippen molar-refractivity contribution in [3.05, 3.63) is 101 Å². The smallest absolute Gasteiger partial charge is 0.247 e. The first-order chi connectivity index (χ1) is 16.8. The lowest BCUT2D eigenvalue weighted by Crippen LogP contribution is -2.57. The molecule has 35 heavy (non-hydrogen) atoms. The Morgan fingerprint density at radius 1 is 0.743 bits per heavy atom. The molecule has 6 rings (SSSR count). The Morgan fingerprint density at radius 2 is 1.43 bits per heavy atom. The molecule has 1 aromatic heterocycles. The maximum Gasteiger partial charge on any atom is 0.247 e. The molecule has 172 valence electrons. The zero-order valence-corrected chi connectivity index (χ0v) is 21.5. The molecule has 0 spiro atoms. The van der Waals surface area contributed by atoms with Crippen LogP contribution in [0.3, 0.4) is 0 Å². The molecule has 2 nitrogen and oxygen atoms in total. The van der Waals surface area contributed by atoms with Gasteiger partial charge in [-0.2, -0.15) is 0 Å². The van der Waals surface area contributed by atoms with Crippen molar-refractivity contribution in [1.82, 2.24) is 9.55 Å². The largest absolute Gasteiger partial charge is 0.293 e. The minimum Gasteiger partial charge on any atom is -0.293 e. The second-order valence-electron chi connectivity index (χ2n) is 10.6. The van der Waals surface area contributed by atoms with Crippen molar-refractivity contribution < 1.29 is 0 Å². The number of aromatic nitrogens is 2. The van der Waals surface area contributed by atoms with Crippen molar-refractivity contribution in [1.29, 1.82) is 0 Å². The maximum atomic E-state index is 5.23. The lowest BCUT2D eigenvalue weighted by Gasteiger charge is -2.29. The second kappa shape index (κ2) is 7.98. The van der Waals surface area contributed by atoms with Gasteiger partial charge >= 0.3 is 0 Å². The Hall–Kier alpha value is -3.59. The van der Waals surface area contributed by atoms with Crippen LogP contribution in [-0.4, -0.2) is 16.3 Å². The molecule has 0 bridgehead atoms. The molecule has 0 atom stereocenters. The van der Waals surface area contributed by atoms with Gasteiger partial charge in [-0.05, 0) is 74.4 Å². The summed E-state index contributed by atoms with van der Waals surface area (Å²) in [5.41, 5.74) is 15.4. The summed E-state index contributed by atoms with van der Waals surface area (Å²) >= 11 is 0. The van der Waals surface area contributed by atoms with Crippen LogP contribution in [0.5, 0.6) is 0 Å². The van der Waals surface area contributed by atoms with Crippen molar-refractivity contribution in [2.75, 3.05) is 0 Å². The monoisotopic (exact) mass is 454 g/mol. The summed E-state index contributed by atoms with van der Waals surface area (Å²) in [4.78, 5) is 5.23. The molecule has 0 amide bonds. The Balaban J connectivity index is 1.76. The molecule has 0 radical (unpaired) electrons. The summed E-state index contributed by atoms with van der Waals surface area (Å²) in [5, 5.41) is 0. The molecule has 3 heteroatoms. The second-order valence-corrected chi connectivity index (χ2v) is 10.6. The van der Waals surface area contributed by atoms with Gasteiger partial charge in [0, 0.05) is 11.3 Å². The van der Waals surface area contributed by atoms with Crippen LogP contribution in [0.1, 0.15) is 47.6 Å². The lowest BCUT2D eigenvalue weighted by molar-refractivity contribution is 0.867. The average Bonchev–Trinajstić information content (AvgIpc) is 3.21. The third kappa shape index (κ3) is 3.37. The number of rotatable bonds is 3. The lowest BCUT2D eigenvalue weighted by atomic mass is 9.34. The summed E-state index contributed by atoms with van der Waals surface area (Å²) in [5.74, 6) is 1.50. The SMILES string of the molecule is Cc1cc(C)cc(-c2nc3cccc4c3n2-c2ccc(C(C)C)cc2B4c2c(C)cccc2C)c1. The molecule has 0 unspecified atom stereocenters. The molecule has 0 saturated heterocycles. The Morgan fingerprint density at radius 3 is 2.11 bits per heavy atom. The molecular formula is C32H31BN2. The molecular weight excluding hydrogens is 423 g/mol. The van der Waals surface area contributed by atoms with E-state index in [0.29, 0.717) is 5.92 Å². The number of imidazole rings is 1. The first kappa shape index (κ1) is 21.9. The van der Waals surface area contributed by atoms with Gasteiger partial charge in [-0.15, -0.1) is 0 Å². The van der Waals surface area contributed by atoms with Gasteiger partial charge in [-0.3, -0.25) is 4.57 Å². The van der Waals surface area contributed by atoms with E-state index in [1.165, 1.54) is 61.0 Å². The van der Waals surface area contributed by atoms with Crippen LogP contribution in [0, 0.1) is 27.7 Å². The number of benzene rings is 4. The first-order valence-electron chi connectivity index (χ1n) is 12.6. The van der Waals surface area contributed by atoms with Crippen LogP contribution in [0.25, 0.3) is 28.1 Å². The van der Waals surface area contributed by atoms with E-state index in [1.54, 1.807) is 0 Å². The van der Waals surface area contributed by atoms with Gasteiger partial charge in [0.15, 0.2) is 0 Å². The number of hydrogen-bond donors (Lipinski definition) is 0. The zero-order valence-electron chi connectivity index (χ0n) is 21.5. The van der Waals surface area contributed by atoms with E-state index in [9.17, 15) is 0 Å². The van der Waals surface area contributed by atoms with Crippen molar-refractivity contribution in [2.45, 2.75) is 47.5 Å². The number of nitrogens with zero attached hydrogens (tertiary/aromatic N) is 2.